The Kier molecular flexibility index (Phi) is 3.93. The van der Waals surface area contributed by atoms with Crippen molar-refractivity contribution in [2.45, 2.75) is 19.9 Å². The molecule has 0 unspecified atom stereocenters. The second-order valence-electron chi connectivity index (χ2n) is 4.64. The molecule has 0 atom stereocenters. The van der Waals surface area contributed by atoms with Crippen molar-refractivity contribution in [2.24, 2.45) is 7.05 Å². The number of piperazine rings is 1. The van der Waals surface area contributed by atoms with Crippen molar-refractivity contribution in [1.29, 1.82) is 0 Å². The van der Waals surface area contributed by atoms with Crippen LogP contribution < -0.4 is 0 Å². The van der Waals surface area contributed by atoms with Crippen LogP contribution in [-0.4, -0.2) is 51.5 Å². The Hall–Kier alpha value is -1.37. The maximum absolute atomic E-state index is 11.9. The quantitative estimate of drug-likeness (QED) is 0.761. The van der Waals surface area contributed by atoms with Crippen molar-refractivity contribution in [3.63, 3.8) is 0 Å². The second kappa shape index (κ2) is 5.32. The van der Waals surface area contributed by atoms with E-state index in [4.69, 9.17) is 0 Å². The number of nitrogens with zero attached hydrogens (tertiary/aromatic N) is 4. The van der Waals surface area contributed by atoms with E-state index in [1.165, 1.54) is 4.90 Å². The van der Waals surface area contributed by atoms with Crippen LogP contribution in [0.1, 0.15) is 18.3 Å². The zero-order chi connectivity index (χ0) is 14.2. The normalized spacial score (nSPS) is 16.4. The first-order valence-electron chi connectivity index (χ1n) is 6.20. The first kappa shape index (κ1) is 14.0. The van der Waals surface area contributed by atoms with Crippen LogP contribution in [0, 0.1) is 0 Å². The highest BCUT2D eigenvalue weighted by Crippen LogP contribution is 2.23. The Morgan fingerprint density at radius 1 is 1.21 bits per heavy atom. The third kappa shape index (κ3) is 2.51. The molecule has 19 heavy (non-hydrogen) atoms. The lowest BCUT2D eigenvalue weighted by Crippen LogP contribution is -2.52. The van der Waals surface area contributed by atoms with Gasteiger partial charge < -0.3 is 9.80 Å². The number of carbonyl (C=O) groups excluding carboxylic acids is 2. The second-order valence-corrected chi connectivity index (χ2v) is 5.43. The minimum Gasteiger partial charge on any atom is -0.336 e. The molecule has 0 aliphatic carbocycles. The summed E-state index contributed by atoms with van der Waals surface area (Å²) in [6.07, 6.45) is 0.823. The monoisotopic (exact) mass is 328 g/mol. The predicted octanol–water partition coefficient (Wildman–Crippen LogP) is 0.546. The largest absolute Gasteiger partial charge is 0.336 e. The lowest BCUT2D eigenvalue weighted by atomic mass is 10.2. The molecular formula is C12H17BrN4O2. The van der Waals surface area contributed by atoms with E-state index in [1.807, 2.05) is 14.0 Å². The highest BCUT2D eigenvalue weighted by atomic mass is 79.9. The molecule has 0 aromatic carbocycles. The molecule has 0 bridgehead atoms. The molecule has 2 amide bonds. The molecular weight excluding hydrogens is 312 g/mol. The highest BCUT2D eigenvalue weighted by Gasteiger charge is 2.31. The fraction of sp³-hybridized carbons (Fsp3) is 0.583. The summed E-state index contributed by atoms with van der Waals surface area (Å²) in [7, 11) is 3.49. The summed E-state index contributed by atoms with van der Waals surface area (Å²) in [6, 6.07) is 0. The SMILES string of the molecule is CCc1nn(C)c(CN2CCN(C)C(=O)C2=O)c1Br. The molecule has 0 saturated carbocycles. The van der Waals surface area contributed by atoms with Crippen molar-refractivity contribution in [3.8, 4) is 0 Å². The summed E-state index contributed by atoms with van der Waals surface area (Å²) < 4.78 is 2.69. The minimum atomic E-state index is -0.445. The van der Waals surface area contributed by atoms with Crippen LogP contribution in [-0.2, 0) is 29.6 Å². The van der Waals surface area contributed by atoms with Gasteiger partial charge in [-0.3, -0.25) is 14.3 Å². The molecule has 0 spiro atoms. The average molecular weight is 329 g/mol. The van der Waals surface area contributed by atoms with Crippen molar-refractivity contribution in [3.05, 3.63) is 15.9 Å². The van der Waals surface area contributed by atoms with Crippen molar-refractivity contribution < 1.29 is 9.59 Å². The summed E-state index contributed by atoms with van der Waals surface area (Å²) in [5.41, 5.74) is 1.88. The van der Waals surface area contributed by atoms with Crippen molar-refractivity contribution >= 4 is 27.7 Å². The topological polar surface area (TPSA) is 58.4 Å². The highest BCUT2D eigenvalue weighted by molar-refractivity contribution is 9.10. The van der Waals surface area contributed by atoms with Gasteiger partial charge in [0.25, 0.3) is 0 Å². The van der Waals surface area contributed by atoms with Crippen LogP contribution >= 0.6 is 15.9 Å². The van der Waals surface area contributed by atoms with E-state index in [-0.39, 0.29) is 0 Å². The van der Waals surface area contributed by atoms with E-state index >= 15 is 0 Å². The number of aromatic nitrogens is 2. The molecule has 0 radical (unpaired) electrons. The lowest BCUT2D eigenvalue weighted by molar-refractivity contribution is -0.155. The number of aryl methyl sites for hydroxylation is 2. The van der Waals surface area contributed by atoms with Gasteiger partial charge in [0.15, 0.2) is 0 Å². The lowest BCUT2D eigenvalue weighted by Gasteiger charge is -2.31. The predicted molar refractivity (Wildman–Crippen MR) is 73.3 cm³/mol. The Labute approximate surface area is 120 Å². The van der Waals surface area contributed by atoms with E-state index in [1.54, 1.807) is 16.6 Å². The van der Waals surface area contributed by atoms with Gasteiger partial charge in [-0.15, -0.1) is 0 Å². The Morgan fingerprint density at radius 2 is 1.89 bits per heavy atom. The fourth-order valence-corrected chi connectivity index (χ4v) is 2.84. The Balaban J connectivity index is 2.20. The van der Waals surface area contributed by atoms with Gasteiger partial charge in [0, 0.05) is 27.2 Å². The van der Waals surface area contributed by atoms with E-state index in [2.05, 4.69) is 21.0 Å². The van der Waals surface area contributed by atoms with Gasteiger partial charge in [-0.05, 0) is 22.4 Å². The van der Waals surface area contributed by atoms with Gasteiger partial charge in [-0.2, -0.15) is 5.10 Å². The zero-order valence-electron chi connectivity index (χ0n) is 11.3. The van der Waals surface area contributed by atoms with Gasteiger partial charge in [-0.25, -0.2) is 0 Å². The number of carbonyl (C=O) groups is 2. The van der Waals surface area contributed by atoms with E-state index < -0.39 is 11.8 Å². The molecule has 1 aromatic heterocycles. The van der Waals surface area contributed by atoms with Gasteiger partial charge in [0.1, 0.15) is 0 Å². The number of rotatable bonds is 3. The Morgan fingerprint density at radius 3 is 2.47 bits per heavy atom. The van der Waals surface area contributed by atoms with Crippen molar-refractivity contribution in [1.82, 2.24) is 19.6 Å². The fourth-order valence-electron chi connectivity index (χ4n) is 2.10. The molecule has 1 aliphatic rings. The molecule has 0 N–H and O–H groups in total. The standard InChI is InChI=1S/C12H17BrN4O2/c1-4-8-10(13)9(16(3)14-8)7-17-6-5-15(2)11(18)12(17)19/h4-7H2,1-3H3. The average Bonchev–Trinajstić information content (AvgIpc) is 2.66. The van der Waals surface area contributed by atoms with Gasteiger partial charge >= 0.3 is 11.8 Å². The Bertz CT molecular complexity index is 526. The molecule has 1 saturated heterocycles. The number of hydrogen-bond acceptors (Lipinski definition) is 3. The number of halogens is 1. The van der Waals surface area contributed by atoms with Crippen LogP contribution in [0.3, 0.4) is 0 Å². The van der Waals surface area contributed by atoms with E-state index in [0.717, 1.165) is 22.3 Å². The summed E-state index contributed by atoms with van der Waals surface area (Å²) in [5.74, 6) is -0.889. The molecule has 2 rings (SSSR count). The van der Waals surface area contributed by atoms with Crippen LogP contribution in [0.15, 0.2) is 4.47 Å². The van der Waals surface area contributed by atoms with Crippen LogP contribution in [0.25, 0.3) is 0 Å². The van der Waals surface area contributed by atoms with Crippen LogP contribution in [0.2, 0.25) is 0 Å². The summed E-state index contributed by atoms with van der Waals surface area (Å²) >= 11 is 3.52. The van der Waals surface area contributed by atoms with Gasteiger partial charge in [-0.1, -0.05) is 6.92 Å². The van der Waals surface area contributed by atoms with E-state index in [0.29, 0.717) is 19.6 Å². The molecule has 1 fully saturated rings. The summed E-state index contributed by atoms with van der Waals surface area (Å²) in [5, 5.41) is 4.39. The smallest absolute Gasteiger partial charge is 0.312 e. The maximum atomic E-state index is 11.9. The molecule has 104 valence electrons. The first-order valence-corrected chi connectivity index (χ1v) is 6.99. The number of hydrogen-bond donors (Lipinski definition) is 0. The van der Waals surface area contributed by atoms with Gasteiger partial charge in [0.05, 0.1) is 22.4 Å². The van der Waals surface area contributed by atoms with Crippen LogP contribution in [0.5, 0.6) is 0 Å². The third-order valence-electron chi connectivity index (χ3n) is 3.37. The molecule has 7 heteroatoms. The minimum absolute atomic E-state index is 0.405. The third-order valence-corrected chi connectivity index (χ3v) is 4.28. The molecule has 2 heterocycles. The van der Waals surface area contributed by atoms with Crippen molar-refractivity contribution in [2.75, 3.05) is 20.1 Å². The summed E-state index contributed by atoms with van der Waals surface area (Å²) in [4.78, 5) is 26.6. The maximum Gasteiger partial charge on any atom is 0.312 e. The molecule has 1 aromatic rings. The van der Waals surface area contributed by atoms with E-state index in [9.17, 15) is 9.59 Å². The van der Waals surface area contributed by atoms with Crippen LogP contribution in [0.4, 0.5) is 0 Å². The summed E-state index contributed by atoms with van der Waals surface area (Å²) in [6.45, 7) is 3.56. The van der Waals surface area contributed by atoms with Gasteiger partial charge in [0.2, 0.25) is 0 Å². The zero-order valence-corrected chi connectivity index (χ0v) is 12.9. The first-order chi connectivity index (χ1) is 8.95. The number of amides is 2. The number of likely N-dealkylation sites (N-methyl/N-ethyl adjacent to an activating group) is 1. The molecule has 1 aliphatic heterocycles. The molecule has 6 nitrogen and oxygen atoms in total.